The van der Waals surface area contributed by atoms with Crippen molar-refractivity contribution in [2.24, 2.45) is 0 Å². The normalized spacial score (nSPS) is 10.8. The SMILES string of the molecule is Cc1ccc(-c2nn(Cc3ccccc3)cc2C(=O)NCCCn2ccnc2)cc1. The molecule has 0 spiro atoms. The van der Waals surface area contributed by atoms with Crippen LogP contribution in [0.25, 0.3) is 11.3 Å². The Hall–Kier alpha value is -3.67. The molecule has 0 saturated carbocycles. The maximum absolute atomic E-state index is 12.9. The first-order valence-corrected chi connectivity index (χ1v) is 10.1. The molecule has 2 aromatic heterocycles. The summed E-state index contributed by atoms with van der Waals surface area (Å²) >= 11 is 0. The topological polar surface area (TPSA) is 64.7 Å². The van der Waals surface area contributed by atoms with Gasteiger partial charge in [0.2, 0.25) is 0 Å². The van der Waals surface area contributed by atoms with Crippen LogP contribution >= 0.6 is 0 Å². The van der Waals surface area contributed by atoms with Crippen LogP contribution in [-0.4, -0.2) is 31.8 Å². The molecule has 0 aliphatic heterocycles. The minimum atomic E-state index is -0.101. The first-order chi connectivity index (χ1) is 14.7. The summed E-state index contributed by atoms with van der Waals surface area (Å²) in [7, 11) is 0. The lowest BCUT2D eigenvalue weighted by Crippen LogP contribution is -2.25. The van der Waals surface area contributed by atoms with Gasteiger partial charge in [-0.25, -0.2) is 4.98 Å². The zero-order chi connectivity index (χ0) is 20.8. The average Bonchev–Trinajstić information content (AvgIpc) is 3.43. The van der Waals surface area contributed by atoms with Crippen molar-refractivity contribution in [2.45, 2.75) is 26.4 Å². The molecule has 2 heterocycles. The third-order valence-electron chi connectivity index (χ3n) is 4.96. The molecule has 0 radical (unpaired) electrons. The number of carbonyl (C=O) groups excluding carboxylic acids is 1. The number of hydrogen-bond acceptors (Lipinski definition) is 3. The number of nitrogens with one attached hydrogen (secondary N) is 1. The highest BCUT2D eigenvalue weighted by atomic mass is 16.1. The van der Waals surface area contributed by atoms with Gasteiger partial charge in [-0.05, 0) is 18.9 Å². The van der Waals surface area contributed by atoms with Gasteiger partial charge >= 0.3 is 0 Å². The predicted octanol–water partition coefficient (Wildman–Crippen LogP) is 3.92. The van der Waals surface area contributed by atoms with E-state index in [1.54, 1.807) is 12.5 Å². The Labute approximate surface area is 176 Å². The van der Waals surface area contributed by atoms with E-state index >= 15 is 0 Å². The Morgan fingerprint density at radius 3 is 2.60 bits per heavy atom. The largest absolute Gasteiger partial charge is 0.352 e. The molecule has 2 aromatic carbocycles. The summed E-state index contributed by atoms with van der Waals surface area (Å²) in [5.41, 5.74) is 4.56. The number of benzene rings is 2. The lowest BCUT2D eigenvalue weighted by atomic mass is 10.1. The summed E-state index contributed by atoms with van der Waals surface area (Å²) in [5, 5.41) is 7.77. The van der Waals surface area contributed by atoms with Crippen LogP contribution in [0, 0.1) is 6.92 Å². The van der Waals surface area contributed by atoms with Crippen molar-refractivity contribution in [1.29, 1.82) is 0 Å². The monoisotopic (exact) mass is 399 g/mol. The number of imidazole rings is 1. The molecular weight excluding hydrogens is 374 g/mol. The summed E-state index contributed by atoms with van der Waals surface area (Å²) < 4.78 is 3.84. The van der Waals surface area contributed by atoms with Crippen LogP contribution in [-0.2, 0) is 13.1 Å². The highest BCUT2D eigenvalue weighted by Crippen LogP contribution is 2.23. The Bertz CT molecular complexity index is 1080. The van der Waals surface area contributed by atoms with E-state index in [9.17, 15) is 4.79 Å². The molecule has 0 fully saturated rings. The molecule has 0 saturated heterocycles. The van der Waals surface area contributed by atoms with Gasteiger partial charge in [-0.3, -0.25) is 9.48 Å². The van der Waals surface area contributed by atoms with Crippen LogP contribution in [0.4, 0.5) is 0 Å². The van der Waals surface area contributed by atoms with Gasteiger partial charge in [-0.15, -0.1) is 0 Å². The van der Waals surface area contributed by atoms with E-state index in [4.69, 9.17) is 5.10 Å². The lowest BCUT2D eigenvalue weighted by molar-refractivity contribution is 0.0953. The van der Waals surface area contributed by atoms with Gasteiger partial charge in [-0.2, -0.15) is 5.10 Å². The number of aromatic nitrogens is 4. The number of rotatable bonds is 8. The summed E-state index contributed by atoms with van der Waals surface area (Å²) in [6, 6.07) is 18.2. The van der Waals surface area contributed by atoms with Gasteiger partial charge in [0, 0.05) is 37.2 Å². The Morgan fingerprint density at radius 2 is 1.87 bits per heavy atom. The molecule has 0 unspecified atom stereocenters. The summed E-state index contributed by atoms with van der Waals surface area (Å²) in [5.74, 6) is -0.101. The smallest absolute Gasteiger partial charge is 0.255 e. The molecule has 6 nitrogen and oxygen atoms in total. The van der Waals surface area contributed by atoms with Crippen LogP contribution in [0.1, 0.15) is 27.9 Å². The zero-order valence-electron chi connectivity index (χ0n) is 17.0. The van der Waals surface area contributed by atoms with Crippen molar-refractivity contribution in [3.05, 3.63) is 96.2 Å². The second-order valence-corrected chi connectivity index (χ2v) is 7.35. The Morgan fingerprint density at radius 1 is 1.07 bits per heavy atom. The van der Waals surface area contributed by atoms with Gasteiger partial charge in [0.15, 0.2) is 0 Å². The van der Waals surface area contributed by atoms with Crippen molar-refractivity contribution in [1.82, 2.24) is 24.6 Å². The van der Waals surface area contributed by atoms with Crippen molar-refractivity contribution in [3.63, 3.8) is 0 Å². The van der Waals surface area contributed by atoms with Crippen LogP contribution in [0.15, 0.2) is 79.5 Å². The fourth-order valence-electron chi connectivity index (χ4n) is 3.34. The fourth-order valence-corrected chi connectivity index (χ4v) is 3.34. The second-order valence-electron chi connectivity index (χ2n) is 7.35. The van der Waals surface area contributed by atoms with Crippen molar-refractivity contribution in [3.8, 4) is 11.3 Å². The van der Waals surface area contributed by atoms with Crippen LogP contribution < -0.4 is 5.32 Å². The number of amides is 1. The molecule has 1 N–H and O–H groups in total. The fraction of sp³-hybridized carbons (Fsp3) is 0.208. The summed E-state index contributed by atoms with van der Waals surface area (Å²) in [6.07, 6.45) is 8.14. The highest BCUT2D eigenvalue weighted by Gasteiger charge is 2.18. The molecule has 4 aromatic rings. The third kappa shape index (κ3) is 4.84. The molecule has 0 aliphatic rings. The minimum absolute atomic E-state index is 0.101. The van der Waals surface area contributed by atoms with Crippen molar-refractivity contribution >= 4 is 5.91 Å². The van der Waals surface area contributed by atoms with Crippen molar-refractivity contribution in [2.75, 3.05) is 6.54 Å². The number of aryl methyl sites for hydroxylation is 2. The molecule has 0 atom stereocenters. The molecule has 152 valence electrons. The molecule has 0 bridgehead atoms. The number of hydrogen-bond donors (Lipinski definition) is 1. The van der Waals surface area contributed by atoms with E-state index in [1.807, 2.05) is 71.0 Å². The van der Waals surface area contributed by atoms with E-state index in [2.05, 4.69) is 22.4 Å². The summed E-state index contributed by atoms with van der Waals surface area (Å²) in [6.45, 7) is 4.08. The number of carbonyl (C=O) groups is 1. The minimum Gasteiger partial charge on any atom is -0.352 e. The van der Waals surface area contributed by atoms with E-state index in [1.165, 1.54) is 5.56 Å². The first kappa shape index (κ1) is 19.6. The van der Waals surface area contributed by atoms with Gasteiger partial charge in [0.05, 0.1) is 18.4 Å². The first-order valence-electron chi connectivity index (χ1n) is 10.1. The maximum Gasteiger partial charge on any atom is 0.255 e. The van der Waals surface area contributed by atoms with E-state index in [0.29, 0.717) is 24.3 Å². The standard InChI is InChI=1S/C24H25N5O/c1-19-8-10-21(11-9-19)23-22(17-29(27-23)16-20-6-3-2-4-7-20)24(30)26-12-5-14-28-15-13-25-18-28/h2-4,6-11,13,15,17-18H,5,12,14,16H2,1H3,(H,26,30). The van der Waals surface area contributed by atoms with Crippen LogP contribution in [0.2, 0.25) is 0 Å². The van der Waals surface area contributed by atoms with E-state index in [0.717, 1.165) is 24.1 Å². The highest BCUT2D eigenvalue weighted by molar-refractivity contribution is 5.99. The molecule has 4 rings (SSSR count). The quantitative estimate of drug-likeness (QED) is 0.457. The average molecular weight is 399 g/mol. The summed E-state index contributed by atoms with van der Waals surface area (Å²) in [4.78, 5) is 17.0. The lowest BCUT2D eigenvalue weighted by Gasteiger charge is -2.06. The maximum atomic E-state index is 12.9. The van der Waals surface area contributed by atoms with Crippen LogP contribution in [0.3, 0.4) is 0 Å². The van der Waals surface area contributed by atoms with Gasteiger partial charge < -0.3 is 9.88 Å². The molecule has 6 heteroatoms. The number of nitrogens with zero attached hydrogens (tertiary/aromatic N) is 4. The Kier molecular flexibility index (Phi) is 6.03. The van der Waals surface area contributed by atoms with E-state index < -0.39 is 0 Å². The second kappa shape index (κ2) is 9.22. The van der Waals surface area contributed by atoms with Gasteiger partial charge in [0.25, 0.3) is 5.91 Å². The molecular formula is C24H25N5O. The van der Waals surface area contributed by atoms with Crippen molar-refractivity contribution < 1.29 is 4.79 Å². The Balaban J connectivity index is 1.51. The zero-order valence-corrected chi connectivity index (χ0v) is 17.0. The van der Waals surface area contributed by atoms with E-state index in [-0.39, 0.29) is 5.91 Å². The van der Waals surface area contributed by atoms with Gasteiger partial charge in [-0.1, -0.05) is 60.2 Å². The molecule has 0 aliphatic carbocycles. The third-order valence-corrected chi connectivity index (χ3v) is 4.96. The van der Waals surface area contributed by atoms with Crippen LogP contribution in [0.5, 0.6) is 0 Å². The molecule has 30 heavy (non-hydrogen) atoms. The molecule has 1 amide bonds. The van der Waals surface area contributed by atoms with Gasteiger partial charge in [0.1, 0.15) is 5.69 Å². The predicted molar refractivity (Wildman–Crippen MR) is 117 cm³/mol.